The topological polar surface area (TPSA) is 58.8 Å². The molecule has 6 heteroatoms. The first-order valence-corrected chi connectivity index (χ1v) is 7.47. The number of hydrogen-bond donors (Lipinski definition) is 0. The van der Waals surface area contributed by atoms with Gasteiger partial charge in [0.15, 0.2) is 5.76 Å². The van der Waals surface area contributed by atoms with Gasteiger partial charge in [-0.1, -0.05) is 6.92 Å². The third kappa shape index (κ3) is 3.44. The van der Waals surface area contributed by atoms with Crippen LogP contribution in [0.3, 0.4) is 0 Å². The SMILES string of the molecule is COC1=CC(N2CCC(N(C)C)CC2)C(C)C=C1[N+](=O)[O-]. The van der Waals surface area contributed by atoms with Gasteiger partial charge in [0, 0.05) is 37.2 Å². The van der Waals surface area contributed by atoms with E-state index in [4.69, 9.17) is 4.74 Å². The summed E-state index contributed by atoms with van der Waals surface area (Å²) in [5.74, 6) is 0.512. The van der Waals surface area contributed by atoms with Crippen molar-refractivity contribution in [3.8, 4) is 0 Å². The van der Waals surface area contributed by atoms with E-state index < -0.39 is 0 Å². The van der Waals surface area contributed by atoms with Crippen LogP contribution in [0.5, 0.6) is 0 Å². The van der Waals surface area contributed by atoms with E-state index in [9.17, 15) is 10.1 Å². The molecule has 0 aromatic rings. The molecule has 0 aromatic heterocycles. The number of nitro groups is 1. The third-order valence-corrected chi connectivity index (χ3v) is 4.60. The number of likely N-dealkylation sites (tertiary alicyclic amines) is 1. The minimum Gasteiger partial charge on any atom is -0.490 e. The van der Waals surface area contributed by atoms with Crippen LogP contribution >= 0.6 is 0 Å². The van der Waals surface area contributed by atoms with Gasteiger partial charge in [-0.05, 0) is 33.0 Å². The van der Waals surface area contributed by atoms with Crippen molar-refractivity contribution < 1.29 is 9.66 Å². The maximum absolute atomic E-state index is 11.1. The number of piperidine rings is 1. The van der Waals surface area contributed by atoms with E-state index in [1.807, 2.05) is 13.0 Å². The van der Waals surface area contributed by atoms with Crippen molar-refractivity contribution in [2.75, 3.05) is 34.3 Å². The van der Waals surface area contributed by atoms with Crippen LogP contribution in [0.2, 0.25) is 0 Å². The Bertz CT molecular complexity index is 451. The zero-order chi connectivity index (χ0) is 15.6. The highest BCUT2D eigenvalue weighted by Crippen LogP contribution is 2.29. The molecule has 0 spiro atoms. The van der Waals surface area contributed by atoms with Gasteiger partial charge >= 0.3 is 5.70 Å². The van der Waals surface area contributed by atoms with Crippen LogP contribution in [0.4, 0.5) is 0 Å². The zero-order valence-corrected chi connectivity index (χ0v) is 13.3. The van der Waals surface area contributed by atoms with Gasteiger partial charge in [-0.3, -0.25) is 15.0 Å². The molecule has 1 saturated heterocycles. The quantitative estimate of drug-likeness (QED) is 0.584. The summed E-state index contributed by atoms with van der Waals surface area (Å²) in [6, 6.07) is 0.822. The summed E-state index contributed by atoms with van der Waals surface area (Å²) in [5, 5.41) is 11.1. The second kappa shape index (κ2) is 6.58. The molecule has 0 radical (unpaired) electrons. The van der Waals surface area contributed by atoms with Crippen molar-refractivity contribution in [3.63, 3.8) is 0 Å². The summed E-state index contributed by atoms with van der Waals surface area (Å²) in [4.78, 5) is 15.4. The normalized spacial score (nSPS) is 28.2. The van der Waals surface area contributed by atoms with E-state index >= 15 is 0 Å². The monoisotopic (exact) mass is 295 g/mol. The average Bonchev–Trinajstić information content (AvgIpc) is 2.47. The Labute approximate surface area is 126 Å². The standard InChI is InChI=1S/C15H25N3O3/c1-11-9-14(18(19)20)15(21-4)10-13(11)17-7-5-12(6-8-17)16(2)3/h9-13H,5-8H2,1-4H3. The fourth-order valence-corrected chi connectivity index (χ4v) is 3.28. The first-order chi connectivity index (χ1) is 9.93. The van der Waals surface area contributed by atoms with E-state index in [1.165, 1.54) is 7.11 Å². The lowest BCUT2D eigenvalue weighted by Crippen LogP contribution is -2.48. The summed E-state index contributed by atoms with van der Waals surface area (Å²) in [5.41, 5.74) is 0.0874. The Morgan fingerprint density at radius 1 is 1.33 bits per heavy atom. The molecule has 2 atom stereocenters. The molecule has 6 nitrogen and oxygen atoms in total. The number of rotatable bonds is 4. The molecule has 1 aliphatic carbocycles. The fraction of sp³-hybridized carbons (Fsp3) is 0.733. The lowest BCUT2D eigenvalue weighted by molar-refractivity contribution is -0.425. The van der Waals surface area contributed by atoms with Crippen molar-refractivity contribution in [2.24, 2.45) is 5.92 Å². The predicted molar refractivity (Wildman–Crippen MR) is 81.4 cm³/mol. The first-order valence-electron chi connectivity index (χ1n) is 7.47. The molecule has 118 valence electrons. The van der Waals surface area contributed by atoms with Crippen molar-refractivity contribution in [3.05, 3.63) is 33.7 Å². The first kappa shape index (κ1) is 16.0. The van der Waals surface area contributed by atoms with Crippen LogP contribution in [-0.4, -0.2) is 61.1 Å². The van der Waals surface area contributed by atoms with E-state index in [0.29, 0.717) is 11.8 Å². The largest absolute Gasteiger partial charge is 0.490 e. The molecule has 0 N–H and O–H groups in total. The highest BCUT2D eigenvalue weighted by molar-refractivity contribution is 5.28. The number of hydrogen-bond acceptors (Lipinski definition) is 5. The molecule has 1 fully saturated rings. The third-order valence-electron chi connectivity index (χ3n) is 4.60. The van der Waals surface area contributed by atoms with E-state index in [1.54, 1.807) is 6.08 Å². The lowest BCUT2D eigenvalue weighted by Gasteiger charge is -2.40. The maximum Gasteiger partial charge on any atom is 0.307 e. The molecular formula is C15H25N3O3. The second-order valence-corrected chi connectivity index (χ2v) is 6.12. The minimum atomic E-state index is -0.361. The zero-order valence-electron chi connectivity index (χ0n) is 13.3. The number of ether oxygens (including phenoxy) is 1. The second-order valence-electron chi connectivity index (χ2n) is 6.12. The molecule has 0 bridgehead atoms. The lowest BCUT2D eigenvalue weighted by atomic mass is 9.91. The fourth-order valence-electron chi connectivity index (χ4n) is 3.28. The average molecular weight is 295 g/mol. The molecule has 1 aliphatic heterocycles. The molecule has 1 heterocycles. The van der Waals surface area contributed by atoms with Gasteiger partial charge in [-0.15, -0.1) is 0 Å². The summed E-state index contributed by atoms with van der Waals surface area (Å²) in [6.07, 6.45) is 5.91. The van der Waals surface area contributed by atoms with Crippen molar-refractivity contribution in [2.45, 2.75) is 31.8 Å². The summed E-state index contributed by atoms with van der Waals surface area (Å²) < 4.78 is 5.21. The van der Waals surface area contributed by atoms with Gasteiger partial charge in [0.2, 0.25) is 0 Å². The Morgan fingerprint density at radius 2 is 1.95 bits per heavy atom. The highest BCUT2D eigenvalue weighted by Gasteiger charge is 2.34. The van der Waals surface area contributed by atoms with E-state index in [0.717, 1.165) is 25.9 Å². The molecule has 0 saturated carbocycles. The number of nitrogens with zero attached hydrogens (tertiary/aromatic N) is 3. The number of methoxy groups -OCH3 is 1. The molecular weight excluding hydrogens is 270 g/mol. The molecule has 2 rings (SSSR count). The Hall–Kier alpha value is -1.40. The highest BCUT2D eigenvalue weighted by atomic mass is 16.6. The van der Waals surface area contributed by atoms with Gasteiger partial charge in [0.25, 0.3) is 0 Å². The van der Waals surface area contributed by atoms with Gasteiger partial charge in [0.1, 0.15) is 0 Å². The van der Waals surface area contributed by atoms with Crippen LogP contribution in [0.25, 0.3) is 0 Å². The van der Waals surface area contributed by atoms with Crippen LogP contribution in [0.15, 0.2) is 23.6 Å². The predicted octanol–water partition coefficient (Wildman–Crippen LogP) is 1.72. The van der Waals surface area contributed by atoms with Crippen LogP contribution in [0, 0.1) is 16.0 Å². The van der Waals surface area contributed by atoms with Crippen molar-refractivity contribution >= 4 is 0 Å². The molecule has 2 aliphatic rings. The van der Waals surface area contributed by atoms with Crippen LogP contribution < -0.4 is 0 Å². The van der Waals surface area contributed by atoms with Crippen molar-refractivity contribution in [1.82, 2.24) is 9.80 Å². The Morgan fingerprint density at radius 3 is 2.43 bits per heavy atom. The van der Waals surface area contributed by atoms with E-state index in [2.05, 4.69) is 23.9 Å². The van der Waals surface area contributed by atoms with Gasteiger partial charge < -0.3 is 9.64 Å². The summed E-state index contributed by atoms with van der Waals surface area (Å²) >= 11 is 0. The van der Waals surface area contributed by atoms with Gasteiger partial charge in [-0.25, -0.2) is 0 Å². The van der Waals surface area contributed by atoms with Gasteiger partial charge in [0.05, 0.1) is 12.0 Å². The maximum atomic E-state index is 11.1. The Kier molecular flexibility index (Phi) is 5.00. The molecule has 0 aromatic carbocycles. The minimum absolute atomic E-state index is 0.0874. The summed E-state index contributed by atoms with van der Waals surface area (Å²) in [6.45, 7) is 4.08. The molecule has 2 unspecified atom stereocenters. The smallest absolute Gasteiger partial charge is 0.307 e. The van der Waals surface area contributed by atoms with E-state index in [-0.39, 0.29) is 22.6 Å². The summed E-state index contributed by atoms with van der Waals surface area (Å²) in [7, 11) is 5.74. The Balaban J connectivity index is 2.08. The van der Waals surface area contributed by atoms with Crippen LogP contribution in [0.1, 0.15) is 19.8 Å². The molecule has 0 amide bonds. The molecule has 21 heavy (non-hydrogen) atoms. The van der Waals surface area contributed by atoms with Crippen LogP contribution in [-0.2, 0) is 4.74 Å². The van der Waals surface area contributed by atoms with Gasteiger partial charge in [-0.2, -0.15) is 0 Å². The van der Waals surface area contributed by atoms with Crippen molar-refractivity contribution in [1.29, 1.82) is 0 Å².